The minimum absolute atomic E-state index is 0.0939. The third-order valence-corrected chi connectivity index (χ3v) is 11.1. The first kappa shape index (κ1) is 45.5. The number of rotatable bonds is 35. The van der Waals surface area contributed by atoms with Crippen LogP contribution >= 0.6 is 7.92 Å². The highest BCUT2D eigenvalue weighted by molar-refractivity contribution is 7.74. The highest BCUT2D eigenvalue weighted by Crippen LogP contribution is 2.40. The average molecular weight is 680 g/mol. The van der Waals surface area contributed by atoms with Gasteiger partial charge in [-0.25, -0.2) is 0 Å². The molecule has 0 amide bonds. The molecule has 274 valence electrons. The van der Waals surface area contributed by atoms with Gasteiger partial charge in [-0.2, -0.15) is 0 Å². The summed E-state index contributed by atoms with van der Waals surface area (Å²) in [4.78, 5) is 39.2. The molecular weight excluding hydrogens is 605 g/mol. The Labute approximate surface area is 292 Å². The van der Waals surface area contributed by atoms with E-state index in [1.54, 1.807) is 0 Å². The lowest BCUT2D eigenvalue weighted by Gasteiger charge is -2.17. The van der Waals surface area contributed by atoms with Gasteiger partial charge >= 0.3 is 11.9 Å². The first-order chi connectivity index (χ1) is 22.9. The molecule has 0 spiro atoms. The van der Waals surface area contributed by atoms with Crippen molar-refractivity contribution in [2.24, 2.45) is 0 Å². The van der Waals surface area contributed by atoms with E-state index in [0.717, 1.165) is 102 Å². The number of hydrogen-bond donors (Lipinski definition) is 0. The van der Waals surface area contributed by atoms with Crippen molar-refractivity contribution in [3.8, 4) is 0 Å². The van der Waals surface area contributed by atoms with Gasteiger partial charge in [0, 0.05) is 19.3 Å². The first-order valence-electron chi connectivity index (χ1n) is 19.4. The molecule has 0 aliphatic heterocycles. The lowest BCUT2D eigenvalue weighted by Crippen LogP contribution is -2.14. The van der Waals surface area contributed by atoms with Crippen LogP contribution in [0, 0.1) is 0 Å². The van der Waals surface area contributed by atoms with Crippen LogP contribution in [0.1, 0.15) is 168 Å². The molecule has 0 N–H and O–H groups in total. The SMILES string of the molecule is CCCCCC/C=C/COC(=O)CCCCCCCP(CCCCCCCC(=O)OC/C=C/CCCCCC)C(=O)CCCN(C)C. The van der Waals surface area contributed by atoms with Gasteiger partial charge in [0.05, 0.1) is 0 Å². The zero-order chi connectivity index (χ0) is 34.6. The van der Waals surface area contributed by atoms with E-state index in [2.05, 4.69) is 45.0 Å². The van der Waals surface area contributed by atoms with Gasteiger partial charge in [-0.15, -0.1) is 0 Å². The smallest absolute Gasteiger partial charge is 0.306 e. The van der Waals surface area contributed by atoms with Crippen molar-refractivity contribution in [3.05, 3.63) is 24.3 Å². The summed E-state index contributed by atoms with van der Waals surface area (Å²) in [5, 5.41) is 0. The van der Waals surface area contributed by atoms with Crippen LogP contribution in [0.3, 0.4) is 0 Å². The van der Waals surface area contributed by atoms with Crippen molar-refractivity contribution in [1.29, 1.82) is 0 Å². The number of unbranched alkanes of at least 4 members (excludes halogenated alkanes) is 16. The van der Waals surface area contributed by atoms with Crippen LogP contribution in [0.15, 0.2) is 24.3 Å². The summed E-state index contributed by atoms with van der Waals surface area (Å²) in [6, 6.07) is 0. The quantitative estimate of drug-likeness (QED) is 0.0287. The summed E-state index contributed by atoms with van der Waals surface area (Å²) in [6.07, 6.45) is 35.7. The fourth-order valence-corrected chi connectivity index (χ4v) is 7.85. The fourth-order valence-electron chi connectivity index (χ4n) is 5.45. The number of carbonyl (C=O) groups is 3. The van der Waals surface area contributed by atoms with Crippen molar-refractivity contribution in [2.75, 3.05) is 46.2 Å². The van der Waals surface area contributed by atoms with Crippen LogP contribution < -0.4 is 0 Å². The molecule has 0 aromatic rings. The highest BCUT2D eigenvalue weighted by atomic mass is 31.1. The maximum Gasteiger partial charge on any atom is 0.306 e. The molecule has 0 rings (SSSR count). The molecule has 0 bridgehead atoms. The maximum absolute atomic E-state index is 13.1. The second-order valence-corrected chi connectivity index (χ2v) is 15.8. The fraction of sp³-hybridized carbons (Fsp3) is 0.825. The zero-order valence-corrected chi connectivity index (χ0v) is 32.1. The van der Waals surface area contributed by atoms with Gasteiger partial charge in [-0.3, -0.25) is 14.4 Å². The van der Waals surface area contributed by atoms with Crippen LogP contribution in [0.2, 0.25) is 0 Å². The molecular formula is C40H74NO5P. The van der Waals surface area contributed by atoms with E-state index in [1.807, 2.05) is 12.2 Å². The molecule has 0 aliphatic rings. The number of nitrogens with zero attached hydrogens (tertiary/aromatic N) is 1. The Kier molecular flexibility index (Phi) is 34.6. The van der Waals surface area contributed by atoms with Gasteiger partial charge in [0.1, 0.15) is 13.2 Å². The molecule has 0 saturated heterocycles. The van der Waals surface area contributed by atoms with Crippen molar-refractivity contribution >= 4 is 25.4 Å². The molecule has 0 aromatic carbocycles. The molecule has 0 aromatic heterocycles. The summed E-state index contributed by atoms with van der Waals surface area (Å²) in [5.74, 6) is -0.188. The Balaban J connectivity index is 4.07. The Morgan fingerprint density at radius 1 is 0.511 bits per heavy atom. The number of allylic oxidation sites excluding steroid dienone is 2. The Hall–Kier alpha value is -1.52. The molecule has 0 saturated carbocycles. The van der Waals surface area contributed by atoms with E-state index >= 15 is 0 Å². The second-order valence-electron chi connectivity index (χ2n) is 13.3. The van der Waals surface area contributed by atoms with Gasteiger partial charge in [0.15, 0.2) is 5.52 Å². The molecule has 47 heavy (non-hydrogen) atoms. The molecule has 0 fully saturated rings. The zero-order valence-electron chi connectivity index (χ0n) is 31.3. The van der Waals surface area contributed by atoms with E-state index in [9.17, 15) is 14.4 Å². The summed E-state index contributed by atoms with van der Waals surface area (Å²) in [5.41, 5.74) is 0.498. The Bertz CT molecular complexity index is 745. The largest absolute Gasteiger partial charge is 0.461 e. The predicted octanol–water partition coefficient (Wildman–Crippen LogP) is 11.2. The van der Waals surface area contributed by atoms with Crippen LogP contribution in [-0.2, 0) is 23.9 Å². The molecule has 6 nitrogen and oxygen atoms in total. The minimum Gasteiger partial charge on any atom is -0.461 e. The molecule has 0 aliphatic carbocycles. The first-order valence-corrected chi connectivity index (χ1v) is 21.2. The van der Waals surface area contributed by atoms with Crippen LogP contribution in [0.5, 0.6) is 0 Å². The normalized spacial score (nSPS) is 11.8. The molecule has 0 heterocycles. The van der Waals surface area contributed by atoms with Gasteiger partial charge in [0.25, 0.3) is 0 Å². The molecule has 0 unspecified atom stereocenters. The van der Waals surface area contributed by atoms with Gasteiger partial charge in [-0.1, -0.05) is 115 Å². The predicted molar refractivity (Wildman–Crippen MR) is 203 cm³/mol. The Morgan fingerprint density at radius 2 is 0.936 bits per heavy atom. The summed E-state index contributed by atoms with van der Waals surface area (Å²) in [7, 11) is 3.56. The third-order valence-electron chi connectivity index (χ3n) is 8.43. The second kappa shape index (κ2) is 35.8. The average Bonchev–Trinajstić information content (AvgIpc) is 3.05. The topological polar surface area (TPSA) is 72.9 Å². The standard InChI is InChI=1S/C40H74NO5P/c1-5-7-9-11-13-19-25-34-45-38(42)30-23-17-15-21-27-36-47(40(44)32-29-33-41(3)4)37-28-22-16-18-24-31-39(43)46-35-26-20-14-12-10-8-6-2/h19-20,25-26H,5-18,21-24,27-37H2,1-4H3/b25-19+,26-20+. The monoisotopic (exact) mass is 680 g/mol. The highest BCUT2D eigenvalue weighted by Gasteiger charge is 2.17. The third kappa shape index (κ3) is 34.2. The van der Waals surface area contributed by atoms with E-state index < -0.39 is 7.92 Å². The maximum atomic E-state index is 13.1. The minimum atomic E-state index is -0.571. The summed E-state index contributed by atoms with van der Waals surface area (Å²) < 4.78 is 10.7. The lowest BCUT2D eigenvalue weighted by atomic mass is 10.1. The summed E-state index contributed by atoms with van der Waals surface area (Å²) >= 11 is 0. The summed E-state index contributed by atoms with van der Waals surface area (Å²) in [6.45, 7) is 6.19. The van der Waals surface area contributed by atoms with Gasteiger partial charge < -0.3 is 14.4 Å². The Morgan fingerprint density at radius 3 is 1.38 bits per heavy atom. The lowest BCUT2D eigenvalue weighted by molar-refractivity contribution is -0.143. The van der Waals surface area contributed by atoms with Gasteiger partial charge in [0.2, 0.25) is 0 Å². The molecule has 0 radical (unpaired) electrons. The van der Waals surface area contributed by atoms with Crippen LogP contribution in [0.4, 0.5) is 0 Å². The molecule has 7 heteroatoms. The number of esters is 2. The van der Waals surface area contributed by atoms with Crippen molar-refractivity contribution in [1.82, 2.24) is 4.90 Å². The number of hydrogen-bond acceptors (Lipinski definition) is 6. The van der Waals surface area contributed by atoms with Crippen molar-refractivity contribution in [3.63, 3.8) is 0 Å². The van der Waals surface area contributed by atoms with Gasteiger partial charge in [-0.05, 0) is 98.7 Å². The van der Waals surface area contributed by atoms with Crippen LogP contribution in [0.25, 0.3) is 0 Å². The van der Waals surface area contributed by atoms with Crippen molar-refractivity contribution in [2.45, 2.75) is 168 Å². The van der Waals surface area contributed by atoms with E-state index in [4.69, 9.17) is 9.47 Å². The van der Waals surface area contributed by atoms with Crippen LogP contribution in [-0.4, -0.2) is 68.5 Å². The number of ether oxygens (including phenoxy) is 2. The van der Waals surface area contributed by atoms with Crippen molar-refractivity contribution < 1.29 is 23.9 Å². The van der Waals surface area contributed by atoms with E-state index in [1.165, 1.54) is 51.4 Å². The van der Waals surface area contributed by atoms with E-state index in [-0.39, 0.29) is 11.9 Å². The number of carbonyl (C=O) groups excluding carboxylic acids is 3. The molecule has 0 atom stereocenters. The van der Waals surface area contributed by atoms with E-state index in [0.29, 0.717) is 38.0 Å².